The molecule has 0 atom stereocenters. The van der Waals surface area contributed by atoms with Gasteiger partial charge < -0.3 is 5.11 Å². The molecule has 1 amide bonds. The zero-order valence-corrected chi connectivity index (χ0v) is 11.1. The lowest BCUT2D eigenvalue weighted by Gasteiger charge is -2.03. The summed E-state index contributed by atoms with van der Waals surface area (Å²) in [6.07, 6.45) is 0. The van der Waals surface area contributed by atoms with E-state index in [1.165, 1.54) is 0 Å². The van der Waals surface area contributed by atoms with Gasteiger partial charge in [-0.1, -0.05) is 42.5 Å². The zero-order chi connectivity index (χ0) is 14.7. The minimum atomic E-state index is -0.396. The molecular formula is C17H12N2O2. The van der Waals surface area contributed by atoms with Gasteiger partial charge in [-0.3, -0.25) is 4.79 Å². The van der Waals surface area contributed by atoms with Gasteiger partial charge >= 0.3 is 0 Å². The Kier molecular flexibility index (Phi) is 3.43. The largest absolute Gasteiger partial charge is 0.507 e. The third kappa shape index (κ3) is 2.65. The molecule has 0 spiro atoms. The number of carbonyl (C=O) groups is 1. The molecule has 0 aliphatic carbocycles. The lowest BCUT2D eigenvalue weighted by atomic mass is 10.1. The third-order valence-electron chi connectivity index (χ3n) is 3.15. The first-order valence-electron chi connectivity index (χ1n) is 6.47. The van der Waals surface area contributed by atoms with Crippen molar-refractivity contribution in [1.82, 2.24) is 0 Å². The lowest BCUT2D eigenvalue weighted by Crippen LogP contribution is -1.92. The number of phenols is 1. The van der Waals surface area contributed by atoms with E-state index in [9.17, 15) is 9.90 Å². The Hall–Kier alpha value is -3.01. The van der Waals surface area contributed by atoms with Crippen molar-refractivity contribution in [1.29, 1.82) is 0 Å². The predicted molar refractivity (Wildman–Crippen MR) is 80.9 cm³/mol. The van der Waals surface area contributed by atoms with Crippen LogP contribution in [0.15, 0.2) is 77.0 Å². The highest BCUT2D eigenvalue weighted by molar-refractivity contribution is 5.97. The highest BCUT2D eigenvalue weighted by Crippen LogP contribution is 2.32. The molecule has 0 heterocycles. The molecule has 4 nitrogen and oxygen atoms in total. The van der Waals surface area contributed by atoms with E-state index in [-0.39, 0.29) is 5.75 Å². The van der Waals surface area contributed by atoms with E-state index in [1.54, 1.807) is 42.5 Å². The fourth-order valence-electron chi connectivity index (χ4n) is 2.09. The predicted octanol–water partition coefficient (Wildman–Crippen LogP) is 4.47. The van der Waals surface area contributed by atoms with Crippen LogP contribution in [0.1, 0.15) is 10.4 Å². The highest BCUT2D eigenvalue weighted by atomic mass is 16.3. The van der Waals surface area contributed by atoms with E-state index < -0.39 is 5.91 Å². The van der Waals surface area contributed by atoms with Crippen molar-refractivity contribution in [2.24, 2.45) is 10.2 Å². The number of aromatic hydroxyl groups is 1. The number of fused-ring (bicyclic) bond motifs is 1. The van der Waals surface area contributed by atoms with Gasteiger partial charge in [0.1, 0.15) is 5.75 Å². The standard InChI is InChI=1S/C17H12N2O2/c20-16-11-10-15(13-8-4-5-9-14(13)16)18-19-17(21)12-6-2-1-3-7-12/h1-11,20H. The van der Waals surface area contributed by atoms with E-state index in [2.05, 4.69) is 10.2 Å². The number of phenolic OH excluding ortho intramolecular Hbond substituents is 1. The molecule has 3 aromatic rings. The third-order valence-corrected chi connectivity index (χ3v) is 3.15. The second-order valence-corrected chi connectivity index (χ2v) is 4.52. The van der Waals surface area contributed by atoms with E-state index in [0.717, 1.165) is 5.39 Å². The Morgan fingerprint density at radius 2 is 1.48 bits per heavy atom. The number of benzene rings is 3. The number of amides is 1. The van der Waals surface area contributed by atoms with Crippen LogP contribution in [-0.4, -0.2) is 11.0 Å². The average molecular weight is 276 g/mol. The summed E-state index contributed by atoms with van der Waals surface area (Å²) < 4.78 is 0. The first kappa shape index (κ1) is 13.0. The molecule has 102 valence electrons. The second-order valence-electron chi connectivity index (χ2n) is 4.52. The smallest absolute Gasteiger partial charge is 0.295 e. The molecule has 0 aliphatic heterocycles. The Morgan fingerprint density at radius 3 is 2.24 bits per heavy atom. The molecular weight excluding hydrogens is 264 g/mol. The van der Waals surface area contributed by atoms with Gasteiger partial charge in [-0.05, 0) is 24.3 Å². The summed E-state index contributed by atoms with van der Waals surface area (Å²) in [6, 6.07) is 19.3. The topological polar surface area (TPSA) is 62.0 Å². The number of hydrogen-bond acceptors (Lipinski definition) is 3. The Balaban J connectivity index is 1.97. The van der Waals surface area contributed by atoms with Crippen LogP contribution in [0.4, 0.5) is 5.69 Å². The molecule has 1 N–H and O–H groups in total. The maximum atomic E-state index is 11.9. The minimum absolute atomic E-state index is 0.180. The van der Waals surface area contributed by atoms with E-state index in [0.29, 0.717) is 16.6 Å². The van der Waals surface area contributed by atoms with Crippen molar-refractivity contribution < 1.29 is 9.90 Å². The van der Waals surface area contributed by atoms with Crippen LogP contribution >= 0.6 is 0 Å². The molecule has 3 rings (SSSR count). The summed E-state index contributed by atoms with van der Waals surface area (Å²) in [5.41, 5.74) is 1.04. The second kappa shape index (κ2) is 5.54. The zero-order valence-electron chi connectivity index (χ0n) is 11.1. The maximum absolute atomic E-state index is 11.9. The quantitative estimate of drug-likeness (QED) is 0.702. The number of rotatable bonds is 2. The van der Waals surface area contributed by atoms with E-state index in [4.69, 9.17) is 0 Å². The molecule has 0 saturated heterocycles. The summed E-state index contributed by atoms with van der Waals surface area (Å²) >= 11 is 0. The molecule has 4 heteroatoms. The Morgan fingerprint density at radius 1 is 0.810 bits per heavy atom. The molecule has 3 aromatic carbocycles. The summed E-state index contributed by atoms with van der Waals surface area (Å²) in [7, 11) is 0. The maximum Gasteiger partial charge on any atom is 0.295 e. The number of carbonyl (C=O) groups excluding carboxylic acids is 1. The van der Waals surface area contributed by atoms with Crippen molar-refractivity contribution in [3.63, 3.8) is 0 Å². The van der Waals surface area contributed by atoms with Crippen LogP contribution in [0.25, 0.3) is 10.8 Å². The summed E-state index contributed by atoms with van der Waals surface area (Å²) in [6.45, 7) is 0. The normalized spacial score (nSPS) is 11.0. The van der Waals surface area contributed by atoms with Crippen molar-refractivity contribution in [3.8, 4) is 5.75 Å². The van der Waals surface area contributed by atoms with Gasteiger partial charge in [0.2, 0.25) is 0 Å². The van der Waals surface area contributed by atoms with Gasteiger partial charge in [-0.25, -0.2) is 0 Å². The van der Waals surface area contributed by atoms with Crippen LogP contribution in [0.2, 0.25) is 0 Å². The van der Waals surface area contributed by atoms with Crippen LogP contribution in [0, 0.1) is 0 Å². The fourth-order valence-corrected chi connectivity index (χ4v) is 2.09. The fraction of sp³-hybridized carbons (Fsp3) is 0. The Bertz CT molecular complexity index is 827. The van der Waals surface area contributed by atoms with Gasteiger partial charge in [-0.2, -0.15) is 0 Å². The molecule has 0 aromatic heterocycles. The molecule has 0 unspecified atom stereocenters. The van der Waals surface area contributed by atoms with Crippen LogP contribution in [0.3, 0.4) is 0 Å². The number of azo groups is 1. The minimum Gasteiger partial charge on any atom is -0.507 e. The SMILES string of the molecule is O=C(N=Nc1ccc(O)c2ccccc12)c1ccccc1. The lowest BCUT2D eigenvalue weighted by molar-refractivity contribution is 0.0995. The molecule has 0 bridgehead atoms. The summed E-state index contributed by atoms with van der Waals surface area (Å²) in [4.78, 5) is 11.9. The summed E-state index contributed by atoms with van der Waals surface area (Å²) in [5, 5.41) is 19.0. The van der Waals surface area contributed by atoms with E-state index in [1.807, 2.05) is 24.3 Å². The number of nitrogens with zero attached hydrogens (tertiary/aromatic N) is 2. The monoisotopic (exact) mass is 276 g/mol. The van der Waals surface area contributed by atoms with Gasteiger partial charge in [0.15, 0.2) is 0 Å². The van der Waals surface area contributed by atoms with E-state index >= 15 is 0 Å². The van der Waals surface area contributed by atoms with Gasteiger partial charge in [-0.15, -0.1) is 10.2 Å². The van der Waals surface area contributed by atoms with Gasteiger partial charge in [0.05, 0.1) is 5.69 Å². The first-order chi connectivity index (χ1) is 10.3. The van der Waals surface area contributed by atoms with Gasteiger partial charge in [0, 0.05) is 16.3 Å². The van der Waals surface area contributed by atoms with Crippen molar-refractivity contribution in [3.05, 3.63) is 72.3 Å². The Labute approximate surface area is 121 Å². The molecule has 0 aliphatic rings. The average Bonchev–Trinajstić information content (AvgIpc) is 2.55. The highest BCUT2D eigenvalue weighted by Gasteiger charge is 2.06. The summed E-state index contributed by atoms with van der Waals surface area (Å²) in [5.74, 6) is -0.216. The molecule has 0 radical (unpaired) electrons. The van der Waals surface area contributed by atoms with Crippen molar-refractivity contribution in [2.75, 3.05) is 0 Å². The molecule has 0 saturated carbocycles. The van der Waals surface area contributed by atoms with Crippen LogP contribution in [0.5, 0.6) is 5.75 Å². The van der Waals surface area contributed by atoms with Crippen molar-refractivity contribution in [2.45, 2.75) is 0 Å². The van der Waals surface area contributed by atoms with Crippen LogP contribution < -0.4 is 0 Å². The molecule has 0 fully saturated rings. The number of hydrogen-bond donors (Lipinski definition) is 1. The van der Waals surface area contributed by atoms with Gasteiger partial charge in [0.25, 0.3) is 5.91 Å². The first-order valence-corrected chi connectivity index (χ1v) is 6.47. The van der Waals surface area contributed by atoms with Crippen molar-refractivity contribution >= 4 is 22.4 Å². The van der Waals surface area contributed by atoms with Crippen LogP contribution in [-0.2, 0) is 0 Å². The molecule has 21 heavy (non-hydrogen) atoms.